The molecule has 0 aliphatic rings. The number of aromatic nitrogens is 2. The molecule has 0 atom stereocenters. The molecule has 4 nitrogen and oxygen atoms in total. The summed E-state index contributed by atoms with van der Waals surface area (Å²) in [5.74, 6) is 4.49. The summed E-state index contributed by atoms with van der Waals surface area (Å²) in [6, 6.07) is 5.37. The van der Waals surface area contributed by atoms with Gasteiger partial charge in [0, 0.05) is 23.9 Å². The van der Waals surface area contributed by atoms with E-state index < -0.39 is 5.97 Å². The summed E-state index contributed by atoms with van der Waals surface area (Å²) in [7, 11) is 1.29. The van der Waals surface area contributed by atoms with Crippen LogP contribution in [0.15, 0.2) is 30.6 Å². The fraction of sp³-hybridized carbons (Fsp3) is 0.0833. The molecule has 1 heterocycles. The number of hydrogen-bond donors (Lipinski definition) is 0. The maximum Gasteiger partial charge on any atom is 0.384 e. The zero-order valence-corrected chi connectivity index (χ0v) is 8.60. The van der Waals surface area contributed by atoms with E-state index in [-0.39, 0.29) is 0 Å². The second-order valence-electron chi connectivity index (χ2n) is 3.00. The van der Waals surface area contributed by atoms with Crippen LogP contribution in [0.25, 0.3) is 11.0 Å². The number of carbonyl (C=O) groups excluding carboxylic acids is 1. The predicted molar refractivity (Wildman–Crippen MR) is 58.4 cm³/mol. The second-order valence-corrected chi connectivity index (χ2v) is 3.00. The van der Waals surface area contributed by atoms with Crippen LogP contribution in [0.4, 0.5) is 0 Å². The Hall–Kier alpha value is -2.41. The number of rotatable bonds is 0. The lowest BCUT2D eigenvalue weighted by Crippen LogP contribution is -1.94. The van der Waals surface area contributed by atoms with Crippen LogP contribution < -0.4 is 0 Å². The average Bonchev–Trinajstić information content (AvgIpc) is 2.35. The Morgan fingerprint density at radius 3 is 2.75 bits per heavy atom. The van der Waals surface area contributed by atoms with Crippen LogP contribution in [0, 0.1) is 11.8 Å². The molecular weight excluding hydrogens is 204 g/mol. The lowest BCUT2D eigenvalue weighted by atomic mass is 10.2. The molecule has 0 amide bonds. The quantitative estimate of drug-likeness (QED) is 0.485. The molecule has 0 N–H and O–H groups in total. The third kappa shape index (κ3) is 2.15. The molecule has 0 fully saturated rings. The number of benzene rings is 1. The van der Waals surface area contributed by atoms with E-state index in [1.165, 1.54) is 7.11 Å². The molecule has 2 rings (SSSR count). The largest absolute Gasteiger partial charge is 0.459 e. The van der Waals surface area contributed by atoms with Crippen LogP contribution in [-0.2, 0) is 9.53 Å². The Kier molecular flexibility index (Phi) is 2.79. The highest BCUT2D eigenvalue weighted by Gasteiger charge is 1.96. The molecule has 0 bridgehead atoms. The number of carbonyl (C=O) groups is 1. The summed E-state index contributed by atoms with van der Waals surface area (Å²) in [5.41, 5.74) is 2.25. The molecule has 0 saturated carbocycles. The van der Waals surface area contributed by atoms with Crippen molar-refractivity contribution in [2.45, 2.75) is 0 Å². The first-order chi connectivity index (χ1) is 7.79. The lowest BCUT2D eigenvalue weighted by molar-refractivity contribution is -0.133. The number of nitrogens with zero attached hydrogens (tertiary/aromatic N) is 2. The van der Waals surface area contributed by atoms with Crippen LogP contribution in [0.1, 0.15) is 5.56 Å². The van der Waals surface area contributed by atoms with Gasteiger partial charge in [-0.2, -0.15) is 0 Å². The van der Waals surface area contributed by atoms with Gasteiger partial charge in [0.2, 0.25) is 0 Å². The summed E-state index contributed by atoms with van der Waals surface area (Å²) in [4.78, 5) is 19.1. The topological polar surface area (TPSA) is 52.1 Å². The van der Waals surface area contributed by atoms with Crippen LogP contribution in [0.3, 0.4) is 0 Å². The van der Waals surface area contributed by atoms with Crippen molar-refractivity contribution in [3.63, 3.8) is 0 Å². The number of fused-ring (bicyclic) bond motifs is 1. The highest BCUT2D eigenvalue weighted by molar-refractivity contribution is 5.89. The van der Waals surface area contributed by atoms with Crippen LogP contribution in [0.2, 0.25) is 0 Å². The van der Waals surface area contributed by atoms with Crippen molar-refractivity contribution >= 4 is 17.0 Å². The SMILES string of the molecule is COC(=O)C#Cc1ccc2nccnc2c1. The van der Waals surface area contributed by atoms with Gasteiger partial charge in [-0.3, -0.25) is 9.97 Å². The second kappa shape index (κ2) is 4.41. The zero-order valence-electron chi connectivity index (χ0n) is 8.60. The average molecular weight is 212 g/mol. The third-order valence-corrected chi connectivity index (χ3v) is 1.96. The van der Waals surface area contributed by atoms with Crippen molar-refractivity contribution in [3.05, 3.63) is 36.2 Å². The van der Waals surface area contributed by atoms with Crippen LogP contribution >= 0.6 is 0 Å². The first-order valence-electron chi connectivity index (χ1n) is 4.60. The molecule has 0 aliphatic carbocycles. The number of methoxy groups -OCH3 is 1. The Balaban J connectivity index is 2.39. The van der Waals surface area contributed by atoms with E-state index >= 15 is 0 Å². The van der Waals surface area contributed by atoms with Crippen LogP contribution in [-0.4, -0.2) is 23.0 Å². The molecule has 0 aliphatic heterocycles. The summed E-state index contributed by atoms with van der Waals surface area (Å²) >= 11 is 0. The molecule has 0 unspecified atom stereocenters. The van der Waals surface area contributed by atoms with E-state index in [1.807, 2.05) is 6.07 Å². The van der Waals surface area contributed by atoms with Gasteiger partial charge < -0.3 is 4.74 Å². The molecule has 0 saturated heterocycles. The monoisotopic (exact) mass is 212 g/mol. The Morgan fingerprint density at radius 1 is 1.25 bits per heavy atom. The van der Waals surface area contributed by atoms with E-state index in [1.54, 1.807) is 24.5 Å². The van der Waals surface area contributed by atoms with Gasteiger partial charge in [-0.1, -0.05) is 5.92 Å². The number of hydrogen-bond acceptors (Lipinski definition) is 4. The Labute approximate surface area is 92.3 Å². The van der Waals surface area contributed by atoms with Gasteiger partial charge in [0.1, 0.15) is 0 Å². The Bertz CT molecular complexity index is 596. The van der Waals surface area contributed by atoms with E-state index in [0.717, 1.165) is 11.0 Å². The fourth-order valence-corrected chi connectivity index (χ4v) is 1.22. The zero-order chi connectivity index (χ0) is 11.4. The van der Waals surface area contributed by atoms with Crippen molar-refractivity contribution in [1.29, 1.82) is 0 Å². The number of ether oxygens (including phenoxy) is 1. The minimum absolute atomic E-state index is 0.556. The predicted octanol–water partition coefficient (Wildman–Crippen LogP) is 1.15. The molecule has 0 spiro atoms. The minimum Gasteiger partial charge on any atom is -0.459 e. The Morgan fingerprint density at radius 2 is 2.00 bits per heavy atom. The first-order valence-corrected chi connectivity index (χ1v) is 4.60. The maximum absolute atomic E-state index is 10.8. The van der Waals surface area contributed by atoms with Gasteiger partial charge in [-0.05, 0) is 18.2 Å². The summed E-state index contributed by atoms with van der Waals surface area (Å²) in [5, 5.41) is 0. The van der Waals surface area contributed by atoms with Crippen molar-refractivity contribution in [1.82, 2.24) is 9.97 Å². The minimum atomic E-state index is -0.556. The highest BCUT2D eigenvalue weighted by atomic mass is 16.5. The standard InChI is InChI=1S/C12H8N2O2/c1-16-12(15)5-3-9-2-4-10-11(8-9)14-7-6-13-10/h2,4,6-8H,1H3. The van der Waals surface area contributed by atoms with Crippen LogP contribution in [0.5, 0.6) is 0 Å². The molecule has 1 aromatic heterocycles. The molecule has 78 valence electrons. The molecule has 1 aromatic carbocycles. The fourth-order valence-electron chi connectivity index (χ4n) is 1.22. The van der Waals surface area contributed by atoms with Crippen molar-refractivity contribution in [2.75, 3.05) is 7.11 Å². The third-order valence-electron chi connectivity index (χ3n) is 1.96. The normalized spacial score (nSPS) is 9.31. The van der Waals surface area contributed by atoms with E-state index in [0.29, 0.717) is 5.56 Å². The van der Waals surface area contributed by atoms with Gasteiger partial charge in [-0.25, -0.2) is 4.79 Å². The maximum atomic E-state index is 10.8. The summed E-state index contributed by atoms with van der Waals surface area (Å²) < 4.78 is 4.42. The van der Waals surface area contributed by atoms with Gasteiger partial charge >= 0.3 is 5.97 Å². The molecule has 2 aromatic rings. The molecule has 16 heavy (non-hydrogen) atoms. The van der Waals surface area contributed by atoms with Gasteiger partial charge in [0.25, 0.3) is 0 Å². The highest BCUT2D eigenvalue weighted by Crippen LogP contribution is 2.09. The van der Waals surface area contributed by atoms with E-state index in [2.05, 4.69) is 26.5 Å². The molecule has 4 heteroatoms. The van der Waals surface area contributed by atoms with Crippen molar-refractivity contribution in [3.8, 4) is 11.8 Å². The molecular formula is C12H8N2O2. The smallest absolute Gasteiger partial charge is 0.384 e. The van der Waals surface area contributed by atoms with E-state index in [4.69, 9.17) is 0 Å². The first kappa shape index (κ1) is 10.1. The molecule has 0 radical (unpaired) electrons. The van der Waals surface area contributed by atoms with Gasteiger partial charge in [0.05, 0.1) is 18.1 Å². The van der Waals surface area contributed by atoms with Gasteiger partial charge in [-0.15, -0.1) is 0 Å². The van der Waals surface area contributed by atoms with Crippen molar-refractivity contribution in [2.24, 2.45) is 0 Å². The lowest BCUT2D eigenvalue weighted by Gasteiger charge is -1.95. The van der Waals surface area contributed by atoms with E-state index in [9.17, 15) is 4.79 Å². The number of esters is 1. The van der Waals surface area contributed by atoms with Gasteiger partial charge in [0.15, 0.2) is 0 Å². The summed E-state index contributed by atoms with van der Waals surface area (Å²) in [6.07, 6.45) is 3.24. The summed E-state index contributed by atoms with van der Waals surface area (Å²) in [6.45, 7) is 0. The van der Waals surface area contributed by atoms with Crippen molar-refractivity contribution < 1.29 is 9.53 Å².